The normalized spacial score (nSPS) is 23.2. The van der Waals surface area contributed by atoms with E-state index in [0.717, 1.165) is 0 Å². The van der Waals surface area contributed by atoms with Crippen molar-refractivity contribution < 1.29 is 4.79 Å². The number of carbonyl (C=O) groups excluding carboxylic acids is 1. The lowest BCUT2D eigenvalue weighted by atomic mass is 9.88. The number of ketones is 1. The van der Waals surface area contributed by atoms with Gasteiger partial charge in [-0.15, -0.1) is 0 Å². The average molecular weight is 265 g/mol. The molecule has 2 saturated carbocycles. The Bertz CT molecular complexity index is 257. The summed E-state index contributed by atoms with van der Waals surface area (Å²) in [7, 11) is 0. The van der Waals surface area contributed by atoms with E-state index in [4.69, 9.17) is 0 Å². The quantitative estimate of drug-likeness (QED) is 0.743. The maximum atomic E-state index is 12.2. The SMILES string of the molecule is CC(C)C(=O)CN(C1CCCCC1)C1CCCCC1. The largest absolute Gasteiger partial charge is 0.298 e. The number of nitrogens with zero attached hydrogens (tertiary/aromatic N) is 1. The summed E-state index contributed by atoms with van der Waals surface area (Å²) < 4.78 is 0. The molecular formula is C17H31NO. The standard InChI is InChI=1S/C17H31NO/c1-14(2)17(19)13-18(15-9-5-3-6-10-15)16-11-7-4-8-12-16/h14-16H,3-13H2,1-2H3. The summed E-state index contributed by atoms with van der Waals surface area (Å²) in [6.45, 7) is 4.80. The highest BCUT2D eigenvalue weighted by molar-refractivity contribution is 5.82. The minimum atomic E-state index is 0.190. The molecular weight excluding hydrogens is 234 g/mol. The number of Topliss-reactive ketones (excluding diaryl/α,β-unsaturated/α-hetero) is 1. The Morgan fingerprint density at radius 3 is 1.68 bits per heavy atom. The Morgan fingerprint density at radius 1 is 0.895 bits per heavy atom. The summed E-state index contributed by atoms with van der Waals surface area (Å²) in [4.78, 5) is 14.8. The van der Waals surface area contributed by atoms with Crippen molar-refractivity contribution >= 4 is 5.78 Å². The molecule has 2 aliphatic rings. The van der Waals surface area contributed by atoms with Crippen molar-refractivity contribution in [2.24, 2.45) is 5.92 Å². The molecule has 0 amide bonds. The first-order valence-electron chi connectivity index (χ1n) is 8.47. The van der Waals surface area contributed by atoms with E-state index in [0.29, 0.717) is 24.4 Å². The van der Waals surface area contributed by atoms with Gasteiger partial charge in [0.2, 0.25) is 0 Å². The fraction of sp³-hybridized carbons (Fsp3) is 0.941. The molecule has 19 heavy (non-hydrogen) atoms. The molecule has 0 heterocycles. The monoisotopic (exact) mass is 265 g/mol. The predicted octanol–water partition coefficient (Wildman–Crippen LogP) is 4.18. The Balaban J connectivity index is 2.00. The molecule has 0 atom stereocenters. The van der Waals surface area contributed by atoms with Crippen LogP contribution in [0, 0.1) is 5.92 Å². The number of carbonyl (C=O) groups is 1. The second kappa shape index (κ2) is 7.42. The summed E-state index contributed by atoms with van der Waals surface area (Å²) in [5, 5.41) is 0. The van der Waals surface area contributed by atoms with E-state index >= 15 is 0 Å². The highest BCUT2D eigenvalue weighted by atomic mass is 16.1. The molecule has 2 heteroatoms. The second-order valence-corrected chi connectivity index (χ2v) is 6.88. The molecule has 0 radical (unpaired) electrons. The van der Waals surface area contributed by atoms with E-state index < -0.39 is 0 Å². The first kappa shape index (κ1) is 15.0. The average Bonchev–Trinajstić information content (AvgIpc) is 2.46. The third-order valence-corrected chi connectivity index (χ3v) is 5.07. The first-order chi connectivity index (χ1) is 9.18. The molecule has 0 N–H and O–H groups in total. The second-order valence-electron chi connectivity index (χ2n) is 6.88. The summed E-state index contributed by atoms with van der Waals surface area (Å²) in [5.41, 5.74) is 0. The van der Waals surface area contributed by atoms with Crippen LogP contribution in [0.2, 0.25) is 0 Å². The smallest absolute Gasteiger partial charge is 0.149 e. The van der Waals surface area contributed by atoms with Gasteiger partial charge in [0.05, 0.1) is 6.54 Å². The van der Waals surface area contributed by atoms with E-state index in [-0.39, 0.29) is 5.92 Å². The van der Waals surface area contributed by atoms with Gasteiger partial charge in [-0.1, -0.05) is 52.4 Å². The molecule has 0 saturated heterocycles. The Hall–Kier alpha value is -0.370. The molecule has 2 aliphatic carbocycles. The van der Waals surface area contributed by atoms with Crippen molar-refractivity contribution in [1.82, 2.24) is 4.90 Å². The third-order valence-electron chi connectivity index (χ3n) is 5.07. The summed E-state index contributed by atoms with van der Waals surface area (Å²) in [5.74, 6) is 0.630. The van der Waals surface area contributed by atoms with Gasteiger partial charge in [-0.05, 0) is 25.7 Å². The van der Waals surface area contributed by atoms with Crippen LogP contribution >= 0.6 is 0 Å². The Labute approximate surface area is 118 Å². The highest BCUT2D eigenvalue weighted by Crippen LogP contribution is 2.30. The van der Waals surface area contributed by atoms with Crippen LogP contribution in [0.15, 0.2) is 0 Å². The zero-order valence-electron chi connectivity index (χ0n) is 12.9. The van der Waals surface area contributed by atoms with Crippen molar-refractivity contribution in [2.45, 2.75) is 90.1 Å². The van der Waals surface area contributed by atoms with Crippen LogP contribution in [0.4, 0.5) is 0 Å². The van der Waals surface area contributed by atoms with E-state index in [2.05, 4.69) is 4.90 Å². The zero-order valence-corrected chi connectivity index (χ0v) is 12.9. The fourth-order valence-corrected chi connectivity index (χ4v) is 3.74. The molecule has 0 aromatic rings. The van der Waals surface area contributed by atoms with Crippen LogP contribution in [0.25, 0.3) is 0 Å². The predicted molar refractivity (Wildman–Crippen MR) is 80.3 cm³/mol. The molecule has 2 nitrogen and oxygen atoms in total. The number of hydrogen-bond acceptors (Lipinski definition) is 2. The summed E-state index contributed by atoms with van der Waals surface area (Å²) in [6.07, 6.45) is 13.5. The maximum absolute atomic E-state index is 12.2. The molecule has 0 bridgehead atoms. The van der Waals surface area contributed by atoms with Crippen molar-refractivity contribution in [3.63, 3.8) is 0 Å². The number of rotatable bonds is 5. The molecule has 0 aliphatic heterocycles. The van der Waals surface area contributed by atoms with Gasteiger partial charge in [0, 0.05) is 18.0 Å². The number of hydrogen-bond donors (Lipinski definition) is 0. The van der Waals surface area contributed by atoms with Crippen molar-refractivity contribution in [1.29, 1.82) is 0 Å². The fourth-order valence-electron chi connectivity index (χ4n) is 3.74. The Morgan fingerprint density at radius 2 is 1.32 bits per heavy atom. The summed E-state index contributed by atoms with van der Waals surface area (Å²) in [6, 6.07) is 1.39. The Kier molecular flexibility index (Phi) is 5.87. The van der Waals surface area contributed by atoms with Gasteiger partial charge >= 0.3 is 0 Å². The third kappa shape index (κ3) is 4.30. The van der Waals surface area contributed by atoms with Crippen LogP contribution in [-0.2, 0) is 4.79 Å². The molecule has 0 aromatic heterocycles. The van der Waals surface area contributed by atoms with Gasteiger partial charge in [0.15, 0.2) is 0 Å². The van der Waals surface area contributed by atoms with Crippen molar-refractivity contribution in [3.8, 4) is 0 Å². The maximum Gasteiger partial charge on any atom is 0.149 e. The molecule has 110 valence electrons. The van der Waals surface area contributed by atoms with E-state index in [1.807, 2.05) is 13.8 Å². The first-order valence-corrected chi connectivity index (χ1v) is 8.47. The van der Waals surface area contributed by atoms with Crippen molar-refractivity contribution in [3.05, 3.63) is 0 Å². The van der Waals surface area contributed by atoms with Gasteiger partial charge in [0.25, 0.3) is 0 Å². The lowest BCUT2D eigenvalue weighted by Gasteiger charge is -2.41. The van der Waals surface area contributed by atoms with E-state index in [1.165, 1.54) is 64.2 Å². The van der Waals surface area contributed by atoms with Gasteiger partial charge < -0.3 is 0 Å². The minimum Gasteiger partial charge on any atom is -0.298 e. The van der Waals surface area contributed by atoms with Gasteiger partial charge in [-0.3, -0.25) is 9.69 Å². The molecule has 0 spiro atoms. The van der Waals surface area contributed by atoms with E-state index in [1.54, 1.807) is 0 Å². The van der Waals surface area contributed by atoms with Gasteiger partial charge in [0.1, 0.15) is 5.78 Å². The molecule has 0 aromatic carbocycles. The zero-order chi connectivity index (χ0) is 13.7. The molecule has 2 fully saturated rings. The van der Waals surface area contributed by atoms with Crippen LogP contribution in [-0.4, -0.2) is 29.3 Å². The van der Waals surface area contributed by atoms with Crippen LogP contribution in [0.1, 0.15) is 78.1 Å². The summed E-state index contributed by atoms with van der Waals surface area (Å²) >= 11 is 0. The molecule has 0 unspecified atom stereocenters. The topological polar surface area (TPSA) is 20.3 Å². The van der Waals surface area contributed by atoms with Crippen LogP contribution < -0.4 is 0 Å². The minimum absolute atomic E-state index is 0.190. The van der Waals surface area contributed by atoms with Gasteiger partial charge in [-0.25, -0.2) is 0 Å². The highest BCUT2D eigenvalue weighted by Gasteiger charge is 2.30. The van der Waals surface area contributed by atoms with Crippen molar-refractivity contribution in [2.75, 3.05) is 6.54 Å². The van der Waals surface area contributed by atoms with Gasteiger partial charge in [-0.2, -0.15) is 0 Å². The van der Waals surface area contributed by atoms with Crippen LogP contribution in [0.5, 0.6) is 0 Å². The lowest BCUT2D eigenvalue weighted by Crippen LogP contribution is -2.48. The lowest BCUT2D eigenvalue weighted by molar-refractivity contribution is -0.124. The van der Waals surface area contributed by atoms with E-state index in [9.17, 15) is 4.79 Å². The molecule has 2 rings (SSSR count). The van der Waals surface area contributed by atoms with Crippen LogP contribution in [0.3, 0.4) is 0 Å².